The highest BCUT2D eigenvalue weighted by atomic mass is 15.0. The third-order valence-corrected chi connectivity index (χ3v) is 4.10. The van der Waals surface area contributed by atoms with Crippen LogP contribution in [-0.2, 0) is 0 Å². The molecule has 1 fully saturated rings. The highest BCUT2D eigenvalue weighted by Crippen LogP contribution is 2.35. The highest BCUT2D eigenvalue weighted by molar-refractivity contribution is 4.87. The Bertz CT molecular complexity index is 174. The molecule has 2 unspecified atom stereocenters. The zero-order valence-corrected chi connectivity index (χ0v) is 11.1. The normalized spacial score (nSPS) is 22.4. The molecule has 1 aliphatic rings. The van der Waals surface area contributed by atoms with E-state index < -0.39 is 0 Å². The Balaban J connectivity index is 2.41. The van der Waals surface area contributed by atoms with Crippen molar-refractivity contribution in [3.63, 3.8) is 0 Å². The first-order chi connectivity index (χ1) is 7.12. The summed E-state index contributed by atoms with van der Waals surface area (Å²) in [6.45, 7) is 10.8. The smallest absolute Gasteiger partial charge is 0.00684 e. The second-order valence-electron chi connectivity index (χ2n) is 5.75. The highest BCUT2D eigenvalue weighted by Gasteiger charge is 2.31. The quantitative estimate of drug-likeness (QED) is 0.640. The molecule has 0 aromatic rings. The van der Waals surface area contributed by atoms with E-state index in [1.165, 1.54) is 45.1 Å². The fourth-order valence-corrected chi connectivity index (χ4v) is 2.53. The zero-order valence-electron chi connectivity index (χ0n) is 11.1. The molecule has 1 aliphatic carbocycles. The van der Waals surface area contributed by atoms with Gasteiger partial charge in [-0.05, 0) is 30.6 Å². The third-order valence-electron chi connectivity index (χ3n) is 4.10. The maximum absolute atomic E-state index is 3.72. The molecule has 1 rings (SSSR count). The van der Waals surface area contributed by atoms with Crippen LogP contribution in [-0.4, -0.2) is 12.6 Å². The van der Waals surface area contributed by atoms with Crippen molar-refractivity contribution >= 4 is 0 Å². The molecule has 0 aromatic heterocycles. The minimum Gasteiger partial charge on any atom is -0.313 e. The van der Waals surface area contributed by atoms with Gasteiger partial charge in [0.2, 0.25) is 0 Å². The average molecular weight is 211 g/mol. The van der Waals surface area contributed by atoms with E-state index in [0.29, 0.717) is 5.41 Å². The van der Waals surface area contributed by atoms with Crippen LogP contribution in [0, 0.1) is 11.3 Å². The molecular weight excluding hydrogens is 182 g/mol. The van der Waals surface area contributed by atoms with E-state index in [1.54, 1.807) is 0 Å². The van der Waals surface area contributed by atoms with Gasteiger partial charge >= 0.3 is 0 Å². The van der Waals surface area contributed by atoms with E-state index in [1.807, 2.05) is 0 Å². The van der Waals surface area contributed by atoms with E-state index in [4.69, 9.17) is 0 Å². The van der Waals surface area contributed by atoms with Crippen LogP contribution in [0.25, 0.3) is 0 Å². The van der Waals surface area contributed by atoms with Crippen molar-refractivity contribution in [1.29, 1.82) is 0 Å². The first kappa shape index (κ1) is 13.0. The zero-order chi connectivity index (χ0) is 11.3. The maximum atomic E-state index is 3.72. The predicted molar refractivity (Wildman–Crippen MR) is 68.1 cm³/mol. The third kappa shape index (κ3) is 4.14. The van der Waals surface area contributed by atoms with Crippen molar-refractivity contribution in [1.82, 2.24) is 5.32 Å². The van der Waals surface area contributed by atoms with Crippen LogP contribution < -0.4 is 5.32 Å². The Hall–Kier alpha value is -0.0400. The van der Waals surface area contributed by atoms with Gasteiger partial charge in [-0.25, -0.2) is 0 Å². The van der Waals surface area contributed by atoms with Crippen LogP contribution >= 0.6 is 0 Å². The molecule has 0 heterocycles. The van der Waals surface area contributed by atoms with Gasteiger partial charge in [0.15, 0.2) is 0 Å². The van der Waals surface area contributed by atoms with Crippen LogP contribution in [0.15, 0.2) is 0 Å². The molecule has 1 N–H and O–H groups in total. The molecular formula is C14H29N. The molecule has 0 aliphatic heterocycles. The standard InChI is InChI=1S/C14H29N/c1-5-7-12(3)14(4,10-6-2)11-15-13-8-9-13/h12-13,15H,5-11H2,1-4H3. The van der Waals surface area contributed by atoms with Crippen LogP contribution in [0.3, 0.4) is 0 Å². The lowest BCUT2D eigenvalue weighted by atomic mass is 9.72. The lowest BCUT2D eigenvalue weighted by Crippen LogP contribution is -2.38. The summed E-state index contributed by atoms with van der Waals surface area (Å²) in [4.78, 5) is 0. The molecule has 0 spiro atoms. The first-order valence-corrected chi connectivity index (χ1v) is 6.85. The van der Waals surface area contributed by atoms with Gasteiger partial charge in [-0.15, -0.1) is 0 Å². The Kier molecular flexibility index (Phi) is 5.11. The lowest BCUT2D eigenvalue weighted by Gasteiger charge is -2.36. The largest absolute Gasteiger partial charge is 0.313 e. The van der Waals surface area contributed by atoms with E-state index >= 15 is 0 Å². The molecule has 1 nitrogen and oxygen atoms in total. The van der Waals surface area contributed by atoms with Gasteiger partial charge in [0.05, 0.1) is 0 Å². The van der Waals surface area contributed by atoms with E-state index in [2.05, 4.69) is 33.0 Å². The van der Waals surface area contributed by atoms with Crippen molar-refractivity contribution in [3.05, 3.63) is 0 Å². The average Bonchev–Trinajstić information content (AvgIpc) is 2.99. The minimum atomic E-state index is 0.521. The van der Waals surface area contributed by atoms with E-state index in [9.17, 15) is 0 Å². The van der Waals surface area contributed by atoms with Gasteiger partial charge < -0.3 is 5.32 Å². The van der Waals surface area contributed by atoms with E-state index in [0.717, 1.165) is 12.0 Å². The summed E-state index contributed by atoms with van der Waals surface area (Å²) < 4.78 is 0. The van der Waals surface area contributed by atoms with Gasteiger partial charge in [0.25, 0.3) is 0 Å². The molecule has 0 bridgehead atoms. The van der Waals surface area contributed by atoms with Gasteiger partial charge in [0.1, 0.15) is 0 Å². The number of rotatable bonds is 8. The molecule has 0 radical (unpaired) electrons. The summed E-state index contributed by atoms with van der Waals surface area (Å²) in [5.74, 6) is 0.855. The van der Waals surface area contributed by atoms with Gasteiger partial charge in [0, 0.05) is 12.6 Å². The van der Waals surface area contributed by atoms with Crippen molar-refractivity contribution in [3.8, 4) is 0 Å². The predicted octanol–water partition coefficient (Wildman–Crippen LogP) is 3.98. The summed E-state index contributed by atoms with van der Waals surface area (Å²) in [5.41, 5.74) is 0.521. The maximum Gasteiger partial charge on any atom is 0.00684 e. The van der Waals surface area contributed by atoms with Crippen LogP contribution in [0.1, 0.15) is 66.2 Å². The Morgan fingerprint density at radius 2 is 1.93 bits per heavy atom. The van der Waals surface area contributed by atoms with Gasteiger partial charge in [-0.1, -0.05) is 47.0 Å². The molecule has 0 amide bonds. The summed E-state index contributed by atoms with van der Waals surface area (Å²) in [7, 11) is 0. The summed E-state index contributed by atoms with van der Waals surface area (Å²) in [6, 6.07) is 0.856. The van der Waals surface area contributed by atoms with Crippen molar-refractivity contribution in [2.45, 2.75) is 72.3 Å². The summed E-state index contributed by atoms with van der Waals surface area (Å²) in [5, 5.41) is 3.72. The number of hydrogen-bond acceptors (Lipinski definition) is 1. The topological polar surface area (TPSA) is 12.0 Å². The second-order valence-corrected chi connectivity index (χ2v) is 5.75. The SMILES string of the molecule is CCCC(C)C(C)(CCC)CNC1CC1. The van der Waals surface area contributed by atoms with Crippen molar-refractivity contribution < 1.29 is 0 Å². The van der Waals surface area contributed by atoms with Gasteiger partial charge in [-0.3, -0.25) is 0 Å². The second kappa shape index (κ2) is 5.89. The molecule has 1 heteroatoms. The fraction of sp³-hybridized carbons (Fsp3) is 1.00. The first-order valence-electron chi connectivity index (χ1n) is 6.85. The number of hydrogen-bond donors (Lipinski definition) is 1. The molecule has 0 saturated heterocycles. The lowest BCUT2D eigenvalue weighted by molar-refractivity contribution is 0.164. The minimum absolute atomic E-state index is 0.521. The van der Waals surface area contributed by atoms with E-state index in [-0.39, 0.29) is 0 Å². The Labute approximate surface area is 96.0 Å². The molecule has 1 saturated carbocycles. The molecule has 0 aromatic carbocycles. The van der Waals surface area contributed by atoms with Crippen LogP contribution in [0.5, 0.6) is 0 Å². The Morgan fingerprint density at radius 3 is 2.40 bits per heavy atom. The molecule has 90 valence electrons. The summed E-state index contributed by atoms with van der Waals surface area (Å²) in [6.07, 6.45) is 8.20. The molecule has 15 heavy (non-hydrogen) atoms. The Morgan fingerprint density at radius 1 is 1.27 bits per heavy atom. The summed E-state index contributed by atoms with van der Waals surface area (Å²) >= 11 is 0. The molecule has 2 atom stereocenters. The van der Waals surface area contributed by atoms with Crippen LogP contribution in [0.2, 0.25) is 0 Å². The monoisotopic (exact) mass is 211 g/mol. The van der Waals surface area contributed by atoms with Crippen molar-refractivity contribution in [2.75, 3.05) is 6.54 Å². The fourth-order valence-electron chi connectivity index (χ4n) is 2.53. The number of nitrogens with one attached hydrogen (secondary N) is 1. The van der Waals surface area contributed by atoms with Crippen molar-refractivity contribution in [2.24, 2.45) is 11.3 Å². The van der Waals surface area contributed by atoms with Crippen LogP contribution in [0.4, 0.5) is 0 Å². The van der Waals surface area contributed by atoms with Gasteiger partial charge in [-0.2, -0.15) is 0 Å².